The fourth-order valence-corrected chi connectivity index (χ4v) is 2.91. The van der Waals surface area contributed by atoms with Crippen LogP contribution in [0.5, 0.6) is 11.5 Å². The molecule has 2 N–H and O–H groups in total. The SMILES string of the molecule is COc1ccc(NC(O)Cn2ccc3c(Cl)cccc32)c(OC)c1. The first kappa shape index (κ1) is 16.5. The minimum Gasteiger partial charge on any atom is -0.497 e. The number of benzene rings is 2. The van der Waals surface area contributed by atoms with Crippen LogP contribution in [0.2, 0.25) is 5.02 Å². The van der Waals surface area contributed by atoms with E-state index in [1.807, 2.05) is 47.2 Å². The molecule has 5 nitrogen and oxygen atoms in total. The lowest BCUT2D eigenvalue weighted by atomic mass is 10.2. The molecule has 0 saturated heterocycles. The molecule has 0 saturated carbocycles. The van der Waals surface area contributed by atoms with Crippen molar-refractivity contribution in [3.63, 3.8) is 0 Å². The molecule has 0 aliphatic heterocycles. The van der Waals surface area contributed by atoms with Crippen LogP contribution in [-0.2, 0) is 6.54 Å². The summed E-state index contributed by atoms with van der Waals surface area (Å²) in [5.41, 5.74) is 1.67. The molecule has 1 atom stereocenters. The Balaban J connectivity index is 1.78. The van der Waals surface area contributed by atoms with Crippen molar-refractivity contribution in [2.45, 2.75) is 12.8 Å². The van der Waals surface area contributed by atoms with Gasteiger partial charge in [-0.05, 0) is 30.3 Å². The summed E-state index contributed by atoms with van der Waals surface area (Å²) in [7, 11) is 3.17. The van der Waals surface area contributed by atoms with Crippen molar-refractivity contribution in [3.8, 4) is 11.5 Å². The van der Waals surface area contributed by atoms with Crippen LogP contribution in [-0.4, -0.2) is 30.1 Å². The Morgan fingerprint density at radius 2 is 2.00 bits per heavy atom. The van der Waals surface area contributed by atoms with Gasteiger partial charge in [-0.15, -0.1) is 0 Å². The molecule has 24 heavy (non-hydrogen) atoms. The van der Waals surface area contributed by atoms with E-state index in [9.17, 15) is 5.11 Å². The number of halogens is 1. The Morgan fingerprint density at radius 1 is 1.17 bits per heavy atom. The fourth-order valence-electron chi connectivity index (χ4n) is 2.67. The number of nitrogens with zero attached hydrogens (tertiary/aromatic N) is 1. The molecule has 1 unspecified atom stereocenters. The minimum atomic E-state index is -0.790. The van der Waals surface area contributed by atoms with Crippen molar-refractivity contribution >= 4 is 28.2 Å². The molecule has 126 valence electrons. The monoisotopic (exact) mass is 346 g/mol. The zero-order valence-electron chi connectivity index (χ0n) is 13.5. The van der Waals surface area contributed by atoms with Crippen LogP contribution in [0.15, 0.2) is 48.7 Å². The van der Waals surface area contributed by atoms with Gasteiger partial charge in [-0.1, -0.05) is 17.7 Å². The van der Waals surface area contributed by atoms with E-state index in [0.29, 0.717) is 28.8 Å². The van der Waals surface area contributed by atoms with Gasteiger partial charge in [0, 0.05) is 28.2 Å². The molecule has 2 aromatic carbocycles. The summed E-state index contributed by atoms with van der Waals surface area (Å²) in [5, 5.41) is 15.1. The summed E-state index contributed by atoms with van der Waals surface area (Å²) in [6.45, 7) is 0.374. The minimum absolute atomic E-state index is 0.374. The number of aliphatic hydroxyl groups excluding tert-OH is 1. The molecule has 0 aliphatic rings. The lowest BCUT2D eigenvalue weighted by Gasteiger charge is -2.18. The van der Waals surface area contributed by atoms with Gasteiger partial charge in [0.05, 0.1) is 26.5 Å². The van der Waals surface area contributed by atoms with Gasteiger partial charge >= 0.3 is 0 Å². The Bertz CT molecular complexity index is 847. The second kappa shape index (κ2) is 7.03. The van der Waals surface area contributed by atoms with Gasteiger partial charge in [0.2, 0.25) is 0 Å². The van der Waals surface area contributed by atoms with Crippen molar-refractivity contribution in [2.24, 2.45) is 0 Å². The second-order valence-corrected chi connectivity index (χ2v) is 5.77. The van der Waals surface area contributed by atoms with E-state index >= 15 is 0 Å². The van der Waals surface area contributed by atoms with Crippen molar-refractivity contribution < 1.29 is 14.6 Å². The largest absolute Gasteiger partial charge is 0.497 e. The predicted molar refractivity (Wildman–Crippen MR) is 96.1 cm³/mol. The smallest absolute Gasteiger partial charge is 0.145 e. The van der Waals surface area contributed by atoms with Crippen molar-refractivity contribution in [1.29, 1.82) is 0 Å². The van der Waals surface area contributed by atoms with E-state index < -0.39 is 6.23 Å². The number of anilines is 1. The van der Waals surface area contributed by atoms with E-state index in [0.717, 1.165) is 10.9 Å². The first-order chi connectivity index (χ1) is 11.6. The van der Waals surface area contributed by atoms with Crippen LogP contribution < -0.4 is 14.8 Å². The summed E-state index contributed by atoms with van der Waals surface area (Å²) in [4.78, 5) is 0. The number of rotatable bonds is 6. The second-order valence-electron chi connectivity index (χ2n) is 5.37. The van der Waals surface area contributed by atoms with E-state index in [1.165, 1.54) is 0 Å². The number of aliphatic hydroxyl groups is 1. The van der Waals surface area contributed by atoms with Crippen molar-refractivity contribution in [2.75, 3.05) is 19.5 Å². The topological polar surface area (TPSA) is 55.6 Å². The third-order valence-electron chi connectivity index (χ3n) is 3.86. The molecule has 1 heterocycles. The molecular formula is C18H19ClN2O3. The van der Waals surface area contributed by atoms with Crippen molar-refractivity contribution in [1.82, 2.24) is 4.57 Å². The molecule has 6 heteroatoms. The number of fused-ring (bicyclic) bond motifs is 1. The average molecular weight is 347 g/mol. The number of nitrogens with one attached hydrogen (secondary N) is 1. The molecule has 0 amide bonds. The van der Waals surface area contributed by atoms with Gasteiger partial charge in [-0.25, -0.2) is 0 Å². The van der Waals surface area contributed by atoms with Crippen molar-refractivity contribution in [3.05, 3.63) is 53.7 Å². The normalized spacial score (nSPS) is 12.2. The Morgan fingerprint density at radius 3 is 2.75 bits per heavy atom. The van der Waals surface area contributed by atoms with Crippen LogP contribution in [0.25, 0.3) is 10.9 Å². The van der Waals surface area contributed by atoms with Gasteiger partial charge < -0.3 is 24.5 Å². The van der Waals surface area contributed by atoms with Crippen LogP contribution in [0.4, 0.5) is 5.69 Å². The molecule has 0 aliphatic carbocycles. The van der Waals surface area contributed by atoms with Crippen LogP contribution >= 0.6 is 11.6 Å². The lowest BCUT2D eigenvalue weighted by Crippen LogP contribution is -2.24. The first-order valence-electron chi connectivity index (χ1n) is 7.52. The zero-order valence-corrected chi connectivity index (χ0v) is 14.2. The maximum Gasteiger partial charge on any atom is 0.145 e. The number of hydrogen-bond donors (Lipinski definition) is 2. The Labute approximate surface area is 145 Å². The standard InChI is InChI=1S/C18H19ClN2O3/c1-23-12-6-7-15(17(10-12)24-2)20-18(22)11-21-9-8-13-14(19)4-3-5-16(13)21/h3-10,18,20,22H,11H2,1-2H3. The predicted octanol–water partition coefficient (Wildman–Crippen LogP) is 3.74. The maximum absolute atomic E-state index is 10.4. The molecule has 0 spiro atoms. The van der Waals surface area contributed by atoms with Gasteiger partial charge in [0.1, 0.15) is 17.7 Å². The van der Waals surface area contributed by atoms with E-state index in [-0.39, 0.29) is 0 Å². The Hall–Kier alpha value is -2.37. The quantitative estimate of drug-likeness (QED) is 0.667. The fraction of sp³-hybridized carbons (Fsp3) is 0.222. The number of hydrogen-bond acceptors (Lipinski definition) is 4. The zero-order chi connectivity index (χ0) is 17.1. The third kappa shape index (κ3) is 3.27. The summed E-state index contributed by atoms with van der Waals surface area (Å²) >= 11 is 6.18. The molecular weight excluding hydrogens is 328 g/mol. The summed E-state index contributed by atoms with van der Waals surface area (Å²) < 4.78 is 12.5. The van der Waals surface area contributed by atoms with Gasteiger partial charge in [-0.3, -0.25) is 0 Å². The molecule has 0 fully saturated rings. The van der Waals surface area contributed by atoms with E-state index in [4.69, 9.17) is 21.1 Å². The van der Waals surface area contributed by atoms with E-state index in [2.05, 4.69) is 5.32 Å². The van der Waals surface area contributed by atoms with Gasteiger partial charge in [-0.2, -0.15) is 0 Å². The summed E-state index contributed by atoms with van der Waals surface area (Å²) in [6, 6.07) is 13.0. The molecule has 1 aromatic heterocycles. The highest BCUT2D eigenvalue weighted by atomic mass is 35.5. The maximum atomic E-state index is 10.4. The third-order valence-corrected chi connectivity index (χ3v) is 4.19. The number of ether oxygens (including phenoxy) is 2. The van der Waals surface area contributed by atoms with Crippen LogP contribution in [0.3, 0.4) is 0 Å². The number of aromatic nitrogens is 1. The summed E-state index contributed by atoms with van der Waals surface area (Å²) in [6.07, 6.45) is 1.12. The molecule has 3 aromatic rings. The summed E-state index contributed by atoms with van der Waals surface area (Å²) in [5.74, 6) is 1.30. The van der Waals surface area contributed by atoms with E-state index in [1.54, 1.807) is 20.3 Å². The lowest BCUT2D eigenvalue weighted by molar-refractivity contribution is 0.183. The molecule has 3 rings (SSSR count). The first-order valence-corrected chi connectivity index (χ1v) is 7.90. The molecule has 0 bridgehead atoms. The highest BCUT2D eigenvalue weighted by Crippen LogP contribution is 2.30. The Kier molecular flexibility index (Phi) is 4.83. The number of methoxy groups -OCH3 is 2. The highest BCUT2D eigenvalue weighted by molar-refractivity contribution is 6.35. The highest BCUT2D eigenvalue weighted by Gasteiger charge is 2.12. The van der Waals surface area contributed by atoms with Gasteiger partial charge in [0.25, 0.3) is 0 Å². The van der Waals surface area contributed by atoms with Crippen LogP contribution in [0, 0.1) is 0 Å². The molecule has 0 radical (unpaired) electrons. The van der Waals surface area contributed by atoms with Crippen LogP contribution in [0.1, 0.15) is 0 Å². The van der Waals surface area contributed by atoms with Gasteiger partial charge in [0.15, 0.2) is 0 Å². The average Bonchev–Trinajstić information content (AvgIpc) is 2.99.